The lowest BCUT2D eigenvalue weighted by Crippen LogP contribution is -2.24. The molecule has 0 saturated carbocycles. The largest absolute Gasteiger partial charge is 0.476 e. The lowest BCUT2D eigenvalue weighted by molar-refractivity contribution is 0.0690. The quantitative estimate of drug-likeness (QED) is 0.646. The summed E-state index contributed by atoms with van der Waals surface area (Å²) in [5.41, 5.74) is 2.02. The van der Waals surface area contributed by atoms with E-state index in [9.17, 15) is 9.59 Å². The maximum Gasteiger partial charge on any atom is 0.407 e. The molecule has 0 aliphatic rings. The van der Waals surface area contributed by atoms with Crippen LogP contribution in [0.4, 0.5) is 4.79 Å². The van der Waals surface area contributed by atoms with Gasteiger partial charge in [0, 0.05) is 19.2 Å². The van der Waals surface area contributed by atoms with E-state index in [0.717, 1.165) is 11.1 Å². The van der Waals surface area contributed by atoms with Gasteiger partial charge in [0.05, 0.1) is 5.56 Å². The third-order valence-corrected chi connectivity index (χ3v) is 3.18. The summed E-state index contributed by atoms with van der Waals surface area (Å²) >= 11 is 0. The molecule has 0 fully saturated rings. The van der Waals surface area contributed by atoms with E-state index in [-0.39, 0.29) is 12.3 Å². The lowest BCUT2D eigenvalue weighted by Gasteiger charge is -2.05. The highest BCUT2D eigenvalue weighted by atomic mass is 16.5. The van der Waals surface area contributed by atoms with Gasteiger partial charge in [0.15, 0.2) is 5.69 Å². The molecule has 25 heavy (non-hydrogen) atoms. The highest BCUT2D eigenvalue weighted by Gasteiger charge is 2.09. The Bertz CT molecular complexity index is 807. The fourth-order valence-electron chi connectivity index (χ4n) is 1.99. The number of carbonyl (C=O) groups is 2. The van der Waals surface area contributed by atoms with Crippen LogP contribution in [0.1, 0.15) is 33.6 Å². The van der Waals surface area contributed by atoms with Crippen LogP contribution in [0, 0.1) is 18.8 Å². The van der Waals surface area contributed by atoms with Crippen molar-refractivity contribution < 1.29 is 19.4 Å². The van der Waals surface area contributed by atoms with Crippen LogP contribution in [0.3, 0.4) is 0 Å². The summed E-state index contributed by atoms with van der Waals surface area (Å²) in [6, 6.07) is 11.0. The third kappa shape index (κ3) is 5.99. The molecule has 1 aromatic heterocycles. The molecule has 0 radical (unpaired) electrons. The van der Waals surface area contributed by atoms with Crippen molar-refractivity contribution in [2.24, 2.45) is 0 Å². The number of amides is 1. The van der Waals surface area contributed by atoms with Crippen LogP contribution in [-0.2, 0) is 11.3 Å². The highest BCUT2D eigenvalue weighted by Crippen LogP contribution is 2.07. The van der Waals surface area contributed by atoms with E-state index in [1.165, 1.54) is 6.20 Å². The lowest BCUT2D eigenvalue weighted by atomic mass is 10.1. The molecule has 0 aliphatic heterocycles. The van der Waals surface area contributed by atoms with Gasteiger partial charge < -0.3 is 15.2 Å². The highest BCUT2D eigenvalue weighted by molar-refractivity contribution is 5.88. The molecule has 0 aliphatic carbocycles. The van der Waals surface area contributed by atoms with Crippen LogP contribution in [0.25, 0.3) is 0 Å². The number of carbonyl (C=O) groups excluding carboxylic acids is 1. The maximum atomic E-state index is 11.6. The average Bonchev–Trinajstić information content (AvgIpc) is 2.60. The van der Waals surface area contributed by atoms with Crippen LogP contribution in [0.2, 0.25) is 0 Å². The Morgan fingerprint density at radius 1 is 1.28 bits per heavy atom. The minimum Gasteiger partial charge on any atom is -0.476 e. The van der Waals surface area contributed by atoms with Gasteiger partial charge in [0.25, 0.3) is 0 Å². The molecule has 6 heteroatoms. The number of rotatable bonds is 5. The van der Waals surface area contributed by atoms with Crippen molar-refractivity contribution in [2.75, 3.05) is 6.54 Å². The summed E-state index contributed by atoms with van der Waals surface area (Å²) in [5, 5.41) is 11.7. The minimum atomic E-state index is -1.12. The van der Waals surface area contributed by atoms with E-state index < -0.39 is 12.1 Å². The van der Waals surface area contributed by atoms with Gasteiger partial charge >= 0.3 is 12.1 Å². The molecule has 0 saturated heterocycles. The molecule has 0 atom stereocenters. The number of benzene rings is 1. The van der Waals surface area contributed by atoms with Crippen molar-refractivity contribution in [1.29, 1.82) is 0 Å². The Balaban J connectivity index is 1.78. The van der Waals surface area contributed by atoms with Crippen molar-refractivity contribution in [1.82, 2.24) is 10.3 Å². The Hall–Kier alpha value is -3.33. The van der Waals surface area contributed by atoms with Crippen LogP contribution in [-0.4, -0.2) is 28.7 Å². The zero-order chi connectivity index (χ0) is 18.1. The molecule has 2 aromatic rings. The number of carboxylic acids is 1. The number of aromatic nitrogens is 1. The number of aryl methyl sites for hydroxylation is 1. The van der Waals surface area contributed by atoms with Gasteiger partial charge in [-0.25, -0.2) is 14.6 Å². The Labute approximate surface area is 145 Å². The predicted octanol–water partition coefficient (Wildman–Crippen LogP) is 2.76. The number of pyridine rings is 1. The Morgan fingerprint density at radius 2 is 2.04 bits per heavy atom. The van der Waals surface area contributed by atoms with Gasteiger partial charge in [-0.3, -0.25) is 0 Å². The molecule has 1 amide bonds. The number of ether oxygens (including phenoxy) is 1. The zero-order valence-electron chi connectivity index (χ0n) is 13.8. The number of nitrogens with one attached hydrogen (secondary N) is 1. The van der Waals surface area contributed by atoms with Gasteiger partial charge in [-0.15, -0.1) is 0 Å². The van der Waals surface area contributed by atoms with Crippen molar-refractivity contribution >= 4 is 12.1 Å². The summed E-state index contributed by atoms with van der Waals surface area (Å²) in [6.45, 7) is 2.33. The Kier molecular flexibility index (Phi) is 6.55. The van der Waals surface area contributed by atoms with Gasteiger partial charge in [-0.1, -0.05) is 42.2 Å². The summed E-state index contributed by atoms with van der Waals surface area (Å²) < 4.78 is 5.07. The number of hydrogen-bond donors (Lipinski definition) is 2. The van der Waals surface area contributed by atoms with E-state index >= 15 is 0 Å². The molecular weight excluding hydrogens is 320 g/mol. The van der Waals surface area contributed by atoms with E-state index in [2.05, 4.69) is 22.1 Å². The standard InChI is InChI=1S/C19H18N2O4/c1-14-11-16(17(18(22)23)21-12-14)9-5-6-10-20-19(24)25-13-15-7-3-2-4-8-15/h2-4,7-8,11-12H,6,10,13H2,1H3,(H,20,24)(H,22,23). The molecular formula is C19H18N2O4. The number of aromatic carboxylic acids is 1. The van der Waals surface area contributed by atoms with E-state index in [1.54, 1.807) is 6.07 Å². The molecule has 6 nitrogen and oxygen atoms in total. The average molecular weight is 338 g/mol. The minimum absolute atomic E-state index is 0.0756. The number of nitrogens with zero attached hydrogens (tertiary/aromatic N) is 1. The molecule has 1 aromatic carbocycles. The second-order valence-electron chi connectivity index (χ2n) is 5.25. The fraction of sp³-hybridized carbons (Fsp3) is 0.211. The van der Waals surface area contributed by atoms with Gasteiger partial charge in [0.1, 0.15) is 6.61 Å². The normalized spacial score (nSPS) is 9.64. The molecule has 0 spiro atoms. The van der Waals surface area contributed by atoms with Gasteiger partial charge in [-0.2, -0.15) is 0 Å². The molecule has 128 valence electrons. The smallest absolute Gasteiger partial charge is 0.407 e. The second kappa shape index (κ2) is 9.08. The van der Waals surface area contributed by atoms with E-state index in [0.29, 0.717) is 18.5 Å². The summed E-state index contributed by atoms with van der Waals surface area (Å²) in [4.78, 5) is 26.5. The topological polar surface area (TPSA) is 88.5 Å². The van der Waals surface area contributed by atoms with Gasteiger partial charge in [0.2, 0.25) is 0 Å². The first kappa shape index (κ1) is 18.0. The molecule has 2 N–H and O–H groups in total. The molecule has 2 rings (SSSR count). The van der Waals surface area contributed by atoms with Crippen LogP contribution < -0.4 is 5.32 Å². The Morgan fingerprint density at radius 3 is 2.76 bits per heavy atom. The fourth-order valence-corrected chi connectivity index (χ4v) is 1.99. The first-order chi connectivity index (χ1) is 12.1. The van der Waals surface area contributed by atoms with Crippen LogP contribution in [0.5, 0.6) is 0 Å². The predicted molar refractivity (Wildman–Crippen MR) is 92.1 cm³/mol. The van der Waals surface area contributed by atoms with E-state index in [1.807, 2.05) is 37.3 Å². The first-order valence-corrected chi connectivity index (χ1v) is 7.69. The maximum absolute atomic E-state index is 11.6. The van der Waals surface area contributed by atoms with Gasteiger partial charge in [-0.05, 0) is 24.1 Å². The monoisotopic (exact) mass is 338 g/mol. The molecule has 0 bridgehead atoms. The van der Waals surface area contributed by atoms with Crippen molar-refractivity contribution in [3.63, 3.8) is 0 Å². The van der Waals surface area contributed by atoms with Crippen molar-refractivity contribution in [3.05, 3.63) is 65.0 Å². The third-order valence-electron chi connectivity index (χ3n) is 3.18. The van der Waals surface area contributed by atoms with Crippen LogP contribution >= 0.6 is 0 Å². The number of alkyl carbamates (subject to hydrolysis) is 1. The zero-order valence-corrected chi connectivity index (χ0v) is 13.8. The molecule has 0 unspecified atom stereocenters. The SMILES string of the molecule is Cc1cnc(C(=O)O)c(C#CCCNC(=O)OCc2ccccc2)c1. The molecule has 1 heterocycles. The summed E-state index contributed by atoms with van der Waals surface area (Å²) in [7, 11) is 0. The van der Waals surface area contributed by atoms with E-state index in [4.69, 9.17) is 9.84 Å². The van der Waals surface area contributed by atoms with Crippen molar-refractivity contribution in [2.45, 2.75) is 20.0 Å². The van der Waals surface area contributed by atoms with Crippen LogP contribution in [0.15, 0.2) is 42.6 Å². The summed E-state index contributed by atoms with van der Waals surface area (Å²) in [5.74, 6) is 4.49. The second-order valence-corrected chi connectivity index (χ2v) is 5.25. The van der Waals surface area contributed by atoms with Crippen molar-refractivity contribution in [3.8, 4) is 11.8 Å². The first-order valence-electron chi connectivity index (χ1n) is 7.69. The summed E-state index contributed by atoms with van der Waals surface area (Å²) in [6.07, 6.45) is 1.33. The number of carboxylic acid groups (broad SMARTS) is 1. The number of hydrogen-bond acceptors (Lipinski definition) is 4.